The van der Waals surface area contributed by atoms with Crippen LogP contribution >= 0.6 is 11.3 Å². The summed E-state index contributed by atoms with van der Waals surface area (Å²) in [7, 11) is 0. The number of aromatic nitrogens is 2. The summed E-state index contributed by atoms with van der Waals surface area (Å²) in [5.41, 5.74) is 2.49. The van der Waals surface area contributed by atoms with E-state index >= 15 is 0 Å². The predicted octanol–water partition coefficient (Wildman–Crippen LogP) is 6.04. The third-order valence-corrected chi connectivity index (χ3v) is 8.51. The third-order valence-electron chi connectivity index (χ3n) is 7.41. The number of hydrogen-bond acceptors (Lipinski definition) is 7. The largest absolute Gasteiger partial charge is 0.439 e. The van der Waals surface area contributed by atoms with Crippen molar-refractivity contribution in [1.29, 1.82) is 0 Å². The standard InChI is InChI=1S/C30H30N6O4S/c1-3-23(37)33-18-8-7-9-19(15-18)34-28(38)27-26-25-21(12-13-31-29(25)41-27)36(30(39)35-26)22-16-32-24(14-17(22)2)40-20-10-5-4-6-11-20/h4-6,10-14,16,18-19H,3,7-9,15H2,1-2H3,(H,33,37)(H,34,38)(H,35,39)/t18-,19-/m1/s1. The molecule has 2 aliphatic rings. The zero-order chi connectivity index (χ0) is 28.5. The van der Waals surface area contributed by atoms with Crippen molar-refractivity contribution in [2.75, 3.05) is 10.2 Å². The van der Waals surface area contributed by atoms with E-state index < -0.39 is 0 Å². The number of rotatable bonds is 7. The second-order valence-electron chi connectivity index (χ2n) is 10.3. The van der Waals surface area contributed by atoms with Crippen molar-refractivity contribution in [3.63, 3.8) is 0 Å². The van der Waals surface area contributed by atoms with E-state index in [1.807, 2.05) is 44.2 Å². The van der Waals surface area contributed by atoms with Crippen molar-refractivity contribution in [1.82, 2.24) is 20.6 Å². The number of urea groups is 1. The zero-order valence-electron chi connectivity index (χ0n) is 22.8. The minimum Gasteiger partial charge on any atom is -0.439 e. The average Bonchev–Trinajstić information content (AvgIpc) is 3.34. The molecule has 1 aromatic carbocycles. The SMILES string of the molecule is CCC(=O)N[C@@H]1CCC[C@@H](NC(=O)c2sc3nccc4c3c2NC(=O)N4c2cnc(Oc3ccccc3)cc2C)C1. The molecule has 1 saturated carbocycles. The van der Waals surface area contributed by atoms with Gasteiger partial charge in [0.25, 0.3) is 5.91 Å². The van der Waals surface area contributed by atoms with E-state index in [1.54, 1.807) is 29.4 Å². The number of nitrogens with one attached hydrogen (secondary N) is 3. The molecule has 41 heavy (non-hydrogen) atoms. The van der Waals surface area contributed by atoms with Gasteiger partial charge in [-0.1, -0.05) is 25.1 Å². The molecular formula is C30H30N6O4S. The van der Waals surface area contributed by atoms with Crippen LogP contribution in [0.2, 0.25) is 0 Å². The normalized spacial score (nSPS) is 18.1. The van der Waals surface area contributed by atoms with Crippen molar-refractivity contribution >= 4 is 56.5 Å². The second-order valence-corrected chi connectivity index (χ2v) is 11.3. The number of hydrogen-bond donors (Lipinski definition) is 3. The Morgan fingerprint density at radius 3 is 2.63 bits per heavy atom. The molecule has 1 aliphatic carbocycles. The van der Waals surface area contributed by atoms with Crippen molar-refractivity contribution < 1.29 is 19.1 Å². The molecule has 0 spiro atoms. The van der Waals surface area contributed by atoms with Gasteiger partial charge in [-0.2, -0.15) is 0 Å². The molecule has 4 amide bonds. The van der Waals surface area contributed by atoms with E-state index in [0.29, 0.717) is 56.6 Å². The van der Waals surface area contributed by atoms with E-state index in [1.165, 1.54) is 11.3 Å². The summed E-state index contributed by atoms with van der Waals surface area (Å²) in [5, 5.41) is 9.83. The lowest BCUT2D eigenvalue weighted by Gasteiger charge is -2.31. The minimum atomic E-state index is -0.390. The maximum absolute atomic E-state index is 13.5. The summed E-state index contributed by atoms with van der Waals surface area (Å²) in [4.78, 5) is 50.4. The smallest absolute Gasteiger partial charge is 0.331 e. The molecule has 3 aromatic heterocycles. The van der Waals surface area contributed by atoms with Gasteiger partial charge >= 0.3 is 6.03 Å². The Balaban J connectivity index is 1.26. The number of aryl methyl sites for hydroxylation is 1. The second kappa shape index (κ2) is 11.2. The van der Waals surface area contributed by atoms with Crippen LogP contribution in [0, 0.1) is 6.92 Å². The fraction of sp³-hybridized carbons (Fsp3) is 0.300. The van der Waals surface area contributed by atoms with Gasteiger partial charge in [0.05, 0.1) is 28.6 Å². The fourth-order valence-corrected chi connectivity index (χ4v) is 6.46. The molecule has 210 valence electrons. The highest BCUT2D eigenvalue weighted by Gasteiger charge is 2.34. The predicted molar refractivity (Wildman–Crippen MR) is 158 cm³/mol. The fourth-order valence-electron chi connectivity index (χ4n) is 5.44. The molecule has 6 rings (SSSR count). The van der Waals surface area contributed by atoms with Crippen molar-refractivity contribution in [2.45, 2.75) is 58.0 Å². The summed E-state index contributed by atoms with van der Waals surface area (Å²) in [6.07, 6.45) is 7.02. The van der Waals surface area contributed by atoms with Crippen LogP contribution in [-0.2, 0) is 4.79 Å². The van der Waals surface area contributed by atoms with Gasteiger partial charge in [-0.25, -0.2) is 14.8 Å². The van der Waals surface area contributed by atoms with Gasteiger partial charge in [-0.3, -0.25) is 14.5 Å². The molecule has 2 atom stereocenters. The van der Waals surface area contributed by atoms with E-state index in [0.717, 1.165) is 24.8 Å². The Morgan fingerprint density at radius 2 is 1.88 bits per heavy atom. The lowest BCUT2D eigenvalue weighted by atomic mass is 9.90. The lowest BCUT2D eigenvalue weighted by Crippen LogP contribution is -2.45. The molecule has 1 aliphatic heterocycles. The van der Waals surface area contributed by atoms with Crippen LogP contribution in [0.3, 0.4) is 0 Å². The number of benzene rings is 1. The van der Waals surface area contributed by atoms with Gasteiger partial charge in [0, 0.05) is 30.8 Å². The zero-order valence-corrected chi connectivity index (χ0v) is 23.6. The molecule has 11 heteroatoms. The Hall–Kier alpha value is -4.51. The first-order chi connectivity index (χ1) is 19.9. The monoisotopic (exact) mass is 570 g/mol. The number of nitrogens with zero attached hydrogens (tertiary/aromatic N) is 3. The topological polar surface area (TPSA) is 126 Å². The molecule has 4 heterocycles. The number of anilines is 3. The number of para-hydroxylation sites is 1. The molecule has 3 N–H and O–H groups in total. The first-order valence-electron chi connectivity index (χ1n) is 13.7. The Morgan fingerprint density at radius 1 is 1.10 bits per heavy atom. The van der Waals surface area contributed by atoms with E-state index in [9.17, 15) is 14.4 Å². The van der Waals surface area contributed by atoms with Crippen LogP contribution in [-0.4, -0.2) is 39.9 Å². The minimum absolute atomic E-state index is 0.0191. The summed E-state index contributed by atoms with van der Waals surface area (Å²) in [6, 6.07) is 12.5. The van der Waals surface area contributed by atoms with Crippen LogP contribution in [0.1, 0.15) is 54.3 Å². The molecule has 1 fully saturated rings. The van der Waals surface area contributed by atoms with Crippen LogP contribution in [0.25, 0.3) is 10.2 Å². The summed E-state index contributed by atoms with van der Waals surface area (Å²) < 4.78 is 5.86. The van der Waals surface area contributed by atoms with Crippen LogP contribution in [0.15, 0.2) is 54.9 Å². The Kier molecular flexibility index (Phi) is 7.27. The van der Waals surface area contributed by atoms with Crippen LogP contribution < -0.4 is 25.6 Å². The number of carbonyl (C=O) groups is 3. The number of carbonyl (C=O) groups excluding carboxylic acids is 3. The van der Waals surface area contributed by atoms with Crippen molar-refractivity contribution in [2.24, 2.45) is 0 Å². The number of ether oxygens (including phenoxy) is 1. The number of thiophene rings is 1. The van der Waals surface area contributed by atoms with E-state index in [4.69, 9.17) is 4.74 Å². The van der Waals surface area contributed by atoms with E-state index in [-0.39, 0.29) is 29.9 Å². The van der Waals surface area contributed by atoms with Gasteiger partial charge in [0.15, 0.2) is 0 Å². The highest BCUT2D eigenvalue weighted by atomic mass is 32.1. The van der Waals surface area contributed by atoms with Gasteiger partial charge in [-0.15, -0.1) is 11.3 Å². The maximum atomic E-state index is 13.5. The molecular weight excluding hydrogens is 540 g/mol. The van der Waals surface area contributed by atoms with Gasteiger partial charge in [0.2, 0.25) is 11.8 Å². The molecule has 0 radical (unpaired) electrons. The van der Waals surface area contributed by atoms with Crippen LogP contribution in [0.4, 0.5) is 21.9 Å². The average molecular weight is 571 g/mol. The van der Waals surface area contributed by atoms with Gasteiger partial charge in [0.1, 0.15) is 15.5 Å². The molecule has 0 saturated heterocycles. The van der Waals surface area contributed by atoms with E-state index in [2.05, 4.69) is 25.9 Å². The summed E-state index contributed by atoms with van der Waals surface area (Å²) >= 11 is 1.25. The molecule has 10 nitrogen and oxygen atoms in total. The number of pyridine rings is 2. The van der Waals surface area contributed by atoms with Crippen molar-refractivity contribution in [3.05, 3.63) is 65.3 Å². The Labute approximate surface area is 241 Å². The molecule has 0 bridgehead atoms. The lowest BCUT2D eigenvalue weighted by molar-refractivity contribution is -0.121. The molecule has 0 unspecified atom stereocenters. The molecule has 4 aromatic rings. The van der Waals surface area contributed by atoms with Gasteiger partial charge in [-0.05, 0) is 56.4 Å². The maximum Gasteiger partial charge on any atom is 0.331 e. The highest BCUT2D eigenvalue weighted by molar-refractivity contribution is 7.21. The summed E-state index contributed by atoms with van der Waals surface area (Å²) in [5.74, 6) is 0.854. The number of amides is 4. The highest BCUT2D eigenvalue weighted by Crippen LogP contribution is 2.46. The Bertz CT molecular complexity index is 1640. The van der Waals surface area contributed by atoms with Gasteiger partial charge < -0.3 is 20.7 Å². The quantitative estimate of drug-likeness (QED) is 0.249. The summed E-state index contributed by atoms with van der Waals surface area (Å²) in [6.45, 7) is 3.72. The first-order valence-corrected chi connectivity index (χ1v) is 14.5. The van der Waals surface area contributed by atoms with Crippen molar-refractivity contribution in [3.8, 4) is 11.6 Å². The first kappa shape index (κ1) is 26.7. The third kappa shape index (κ3) is 5.32. The van der Waals surface area contributed by atoms with Crippen LogP contribution in [0.5, 0.6) is 11.6 Å².